The molecule has 0 saturated heterocycles. The number of rotatable bonds is 4. The van der Waals surface area contributed by atoms with Gasteiger partial charge in [0.1, 0.15) is 10.7 Å². The van der Waals surface area contributed by atoms with Crippen LogP contribution < -0.4 is 16.2 Å². The molecule has 6 heteroatoms. The highest BCUT2D eigenvalue weighted by Gasteiger charge is 2.12. The molecule has 0 aliphatic carbocycles. The number of ether oxygens (including phenoxy) is 1. The Bertz CT molecular complexity index is 689. The molecule has 0 radical (unpaired) electrons. The molecule has 0 spiro atoms. The molecule has 2 aromatic rings. The van der Waals surface area contributed by atoms with Crippen molar-refractivity contribution in [2.75, 3.05) is 0 Å². The molecule has 0 fully saturated rings. The Morgan fingerprint density at radius 1 is 1.10 bits per heavy atom. The third kappa shape index (κ3) is 2.92. The third-order valence-electron chi connectivity index (χ3n) is 2.59. The summed E-state index contributed by atoms with van der Waals surface area (Å²) in [4.78, 5) is 11.3. The van der Waals surface area contributed by atoms with Gasteiger partial charge in [-0.3, -0.25) is 4.79 Å². The average molecular weight is 290 g/mol. The number of amides is 1. The molecule has 102 valence electrons. The highest BCUT2D eigenvalue weighted by molar-refractivity contribution is 7.80. The molecule has 0 aliphatic rings. The van der Waals surface area contributed by atoms with Gasteiger partial charge in [-0.05, 0) is 30.3 Å². The Hall–Kier alpha value is -2.47. The van der Waals surface area contributed by atoms with E-state index in [1.165, 1.54) is 30.3 Å². The number of hydrogen-bond acceptors (Lipinski definition) is 3. The summed E-state index contributed by atoms with van der Waals surface area (Å²) >= 11 is 4.76. The number of para-hydroxylation sites is 1. The quantitative estimate of drug-likeness (QED) is 0.847. The Kier molecular flexibility index (Phi) is 3.95. The Morgan fingerprint density at radius 2 is 1.80 bits per heavy atom. The first kappa shape index (κ1) is 14.0. The van der Waals surface area contributed by atoms with Crippen LogP contribution in [0.25, 0.3) is 0 Å². The largest absolute Gasteiger partial charge is 0.453 e. The van der Waals surface area contributed by atoms with Crippen molar-refractivity contribution in [1.82, 2.24) is 0 Å². The van der Waals surface area contributed by atoms with Crippen LogP contribution in [0.5, 0.6) is 11.5 Å². The van der Waals surface area contributed by atoms with Gasteiger partial charge in [-0.25, -0.2) is 4.39 Å². The van der Waals surface area contributed by atoms with Gasteiger partial charge in [-0.15, -0.1) is 0 Å². The van der Waals surface area contributed by atoms with Crippen molar-refractivity contribution in [2.24, 2.45) is 11.5 Å². The second-order valence-corrected chi connectivity index (χ2v) is 4.41. The first-order chi connectivity index (χ1) is 9.49. The second-order valence-electron chi connectivity index (χ2n) is 3.97. The van der Waals surface area contributed by atoms with Crippen LogP contribution in [0.2, 0.25) is 0 Å². The van der Waals surface area contributed by atoms with Crippen LogP contribution in [0.4, 0.5) is 4.39 Å². The number of thiocarbonyl (C=S) groups is 1. The average Bonchev–Trinajstić information content (AvgIpc) is 2.41. The first-order valence-electron chi connectivity index (χ1n) is 5.65. The third-order valence-corrected chi connectivity index (χ3v) is 2.82. The molecular weight excluding hydrogens is 279 g/mol. The zero-order valence-electron chi connectivity index (χ0n) is 10.3. The Balaban J connectivity index is 2.36. The van der Waals surface area contributed by atoms with E-state index in [2.05, 4.69) is 0 Å². The van der Waals surface area contributed by atoms with E-state index in [9.17, 15) is 9.18 Å². The van der Waals surface area contributed by atoms with Crippen LogP contribution in [0.3, 0.4) is 0 Å². The lowest BCUT2D eigenvalue weighted by Crippen LogP contribution is -2.12. The van der Waals surface area contributed by atoms with Gasteiger partial charge < -0.3 is 16.2 Å². The van der Waals surface area contributed by atoms with Crippen molar-refractivity contribution in [2.45, 2.75) is 0 Å². The van der Waals surface area contributed by atoms with Gasteiger partial charge in [-0.1, -0.05) is 24.4 Å². The molecule has 0 saturated carbocycles. The lowest BCUT2D eigenvalue weighted by molar-refractivity contribution is 0.0998. The molecule has 0 atom stereocenters. The van der Waals surface area contributed by atoms with Crippen LogP contribution in [-0.2, 0) is 0 Å². The molecule has 0 bridgehead atoms. The number of carbonyl (C=O) groups excluding carboxylic acids is 1. The fraction of sp³-hybridized carbons (Fsp3) is 0. The van der Waals surface area contributed by atoms with Gasteiger partial charge >= 0.3 is 0 Å². The standard InChI is InChI=1S/C14H11FN2O2S/c15-10-7-8(14(17)20)5-6-12(10)19-11-4-2-1-3-9(11)13(16)18/h1-7H,(H2,16,18)(H2,17,20). The van der Waals surface area contributed by atoms with Gasteiger partial charge in [0, 0.05) is 5.56 Å². The number of halogens is 1. The smallest absolute Gasteiger partial charge is 0.252 e. The lowest BCUT2D eigenvalue weighted by atomic mass is 10.2. The van der Waals surface area contributed by atoms with Gasteiger partial charge in [0.2, 0.25) is 0 Å². The van der Waals surface area contributed by atoms with E-state index >= 15 is 0 Å². The zero-order valence-corrected chi connectivity index (χ0v) is 11.1. The van der Waals surface area contributed by atoms with E-state index in [1.54, 1.807) is 12.1 Å². The van der Waals surface area contributed by atoms with Gasteiger partial charge in [0.05, 0.1) is 5.56 Å². The lowest BCUT2D eigenvalue weighted by Gasteiger charge is -2.10. The zero-order chi connectivity index (χ0) is 14.7. The molecule has 0 aromatic heterocycles. The van der Waals surface area contributed by atoms with Gasteiger partial charge in [-0.2, -0.15) is 0 Å². The van der Waals surface area contributed by atoms with Crippen molar-refractivity contribution in [3.05, 3.63) is 59.4 Å². The van der Waals surface area contributed by atoms with Crippen molar-refractivity contribution in [1.29, 1.82) is 0 Å². The summed E-state index contributed by atoms with van der Waals surface area (Å²) in [5.74, 6) is -1.14. The molecule has 4 N–H and O–H groups in total. The van der Waals surface area contributed by atoms with Gasteiger partial charge in [0.25, 0.3) is 5.91 Å². The van der Waals surface area contributed by atoms with E-state index in [0.717, 1.165) is 0 Å². The minimum Gasteiger partial charge on any atom is -0.453 e. The monoisotopic (exact) mass is 290 g/mol. The Morgan fingerprint density at radius 3 is 2.40 bits per heavy atom. The maximum Gasteiger partial charge on any atom is 0.252 e. The summed E-state index contributed by atoms with van der Waals surface area (Å²) in [7, 11) is 0. The molecule has 0 heterocycles. The van der Waals surface area contributed by atoms with Crippen LogP contribution in [-0.4, -0.2) is 10.9 Å². The van der Waals surface area contributed by atoms with Crippen LogP contribution in [0, 0.1) is 5.82 Å². The van der Waals surface area contributed by atoms with Crippen molar-refractivity contribution < 1.29 is 13.9 Å². The highest BCUT2D eigenvalue weighted by atomic mass is 32.1. The van der Waals surface area contributed by atoms with E-state index in [-0.39, 0.29) is 22.1 Å². The highest BCUT2D eigenvalue weighted by Crippen LogP contribution is 2.27. The summed E-state index contributed by atoms with van der Waals surface area (Å²) < 4.78 is 19.2. The molecule has 2 rings (SSSR count). The fourth-order valence-corrected chi connectivity index (χ4v) is 1.74. The number of carbonyl (C=O) groups is 1. The summed E-state index contributed by atoms with van der Waals surface area (Å²) in [5, 5.41) is 0. The number of hydrogen-bond donors (Lipinski definition) is 2. The molecule has 20 heavy (non-hydrogen) atoms. The fourth-order valence-electron chi connectivity index (χ4n) is 1.61. The van der Waals surface area contributed by atoms with E-state index < -0.39 is 11.7 Å². The van der Waals surface area contributed by atoms with Gasteiger partial charge in [0.15, 0.2) is 11.6 Å². The van der Waals surface area contributed by atoms with Crippen molar-refractivity contribution in [3.8, 4) is 11.5 Å². The predicted molar refractivity (Wildman–Crippen MR) is 77.3 cm³/mol. The molecule has 0 unspecified atom stereocenters. The minimum atomic E-state index is -0.652. The van der Waals surface area contributed by atoms with E-state index in [4.69, 9.17) is 28.4 Å². The SMILES string of the molecule is NC(=O)c1ccccc1Oc1ccc(C(N)=S)cc1F. The normalized spacial score (nSPS) is 10.1. The van der Waals surface area contributed by atoms with Crippen LogP contribution in [0.1, 0.15) is 15.9 Å². The number of benzene rings is 2. The summed E-state index contributed by atoms with van der Waals surface area (Å²) in [6, 6.07) is 10.4. The van der Waals surface area contributed by atoms with Crippen LogP contribution in [0.15, 0.2) is 42.5 Å². The number of nitrogens with two attached hydrogens (primary N) is 2. The molecule has 4 nitrogen and oxygen atoms in total. The molecular formula is C14H11FN2O2S. The predicted octanol–water partition coefficient (Wildman–Crippen LogP) is 2.35. The Labute approximate surface area is 120 Å². The summed E-state index contributed by atoms with van der Waals surface area (Å²) in [6.45, 7) is 0. The van der Waals surface area contributed by atoms with E-state index in [1.807, 2.05) is 0 Å². The summed E-state index contributed by atoms with van der Waals surface area (Å²) in [5.41, 5.74) is 11.2. The first-order valence-corrected chi connectivity index (χ1v) is 6.06. The van der Waals surface area contributed by atoms with Crippen LogP contribution >= 0.6 is 12.2 Å². The molecule has 0 aliphatic heterocycles. The second kappa shape index (κ2) is 5.66. The van der Waals surface area contributed by atoms with E-state index in [0.29, 0.717) is 5.56 Å². The van der Waals surface area contributed by atoms with Crippen molar-refractivity contribution >= 4 is 23.1 Å². The van der Waals surface area contributed by atoms with Crippen molar-refractivity contribution in [3.63, 3.8) is 0 Å². The minimum absolute atomic E-state index is 0.0429. The number of primary amides is 1. The maximum atomic E-state index is 13.9. The summed E-state index contributed by atoms with van der Waals surface area (Å²) in [6.07, 6.45) is 0. The molecule has 2 aromatic carbocycles. The topological polar surface area (TPSA) is 78.3 Å². The maximum absolute atomic E-state index is 13.9. The molecule has 1 amide bonds.